The minimum Gasteiger partial charge on any atom is -0.337 e. The van der Waals surface area contributed by atoms with E-state index >= 15 is 0 Å². The summed E-state index contributed by atoms with van der Waals surface area (Å²) in [7, 11) is 1.73. The van der Waals surface area contributed by atoms with Gasteiger partial charge >= 0.3 is 0 Å². The summed E-state index contributed by atoms with van der Waals surface area (Å²) in [6.45, 7) is 7.97. The summed E-state index contributed by atoms with van der Waals surface area (Å²) >= 11 is 6.07. The van der Waals surface area contributed by atoms with Crippen LogP contribution in [0.5, 0.6) is 0 Å². The Labute approximate surface area is 118 Å². The van der Waals surface area contributed by atoms with E-state index < -0.39 is 0 Å². The summed E-state index contributed by atoms with van der Waals surface area (Å²) in [5, 5.41) is 4.41. The Balaban J connectivity index is 2.04. The lowest BCUT2D eigenvalue weighted by Crippen LogP contribution is -2.35. The van der Waals surface area contributed by atoms with E-state index in [1.165, 1.54) is 10.9 Å². The minimum absolute atomic E-state index is 0.0291. The third-order valence-electron chi connectivity index (χ3n) is 3.36. The van der Waals surface area contributed by atoms with Gasteiger partial charge < -0.3 is 4.90 Å². The first kappa shape index (κ1) is 14.1. The van der Waals surface area contributed by atoms with Crippen molar-refractivity contribution in [1.29, 1.82) is 0 Å². The lowest BCUT2D eigenvalue weighted by Gasteiger charge is -2.20. The fourth-order valence-electron chi connectivity index (χ4n) is 2.28. The number of carbonyl (C=O) groups is 1. The van der Waals surface area contributed by atoms with Crippen LogP contribution in [-0.4, -0.2) is 58.2 Å². The van der Waals surface area contributed by atoms with Crippen LogP contribution in [0.3, 0.4) is 0 Å². The molecule has 0 N–H and O–H groups in total. The van der Waals surface area contributed by atoms with E-state index in [1.807, 2.05) is 11.0 Å². The maximum atomic E-state index is 12.4. The van der Waals surface area contributed by atoms with Crippen LogP contribution in [0.15, 0.2) is 18.9 Å². The summed E-state index contributed by atoms with van der Waals surface area (Å²) in [6, 6.07) is 0. The van der Waals surface area contributed by atoms with Crippen molar-refractivity contribution < 1.29 is 4.79 Å². The Morgan fingerprint density at radius 3 is 2.89 bits per heavy atom. The van der Waals surface area contributed by atoms with Gasteiger partial charge in [-0.3, -0.25) is 14.4 Å². The smallest absolute Gasteiger partial charge is 0.258 e. The number of nitrogens with zero attached hydrogens (tertiary/aromatic N) is 4. The zero-order valence-electron chi connectivity index (χ0n) is 11.2. The van der Waals surface area contributed by atoms with Crippen LogP contribution in [0.25, 0.3) is 0 Å². The normalized spacial score (nSPS) is 17.3. The van der Waals surface area contributed by atoms with Gasteiger partial charge in [0.15, 0.2) is 0 Å². The lowest BCUT2D eigenvalue weighted by molar-refractivity contribution is 0.0762. The zero-order chi connectivity index (χ0) is 13.8. The third kappa shape index (κ3) is 3.16. The maximum Gasteiger partial charge on any atom is 0.258 e. The first-order chi connectivity index (χ1) is 9.13. The van der Waals surface area contributed by atoms with Crippen molar-refractivity contribution in [3.05, 3.63) is 29.6 Å². The molecule has 0 atom stereocenters. The van der Waals surface area contributed by atoms with Crippen LogP contribution in [-0.2, 0) is 7.05 Å². The predicted molar refractivity (Wildman–Crippen MR) is 75.4 cm³/mol. The Morgan fingerprint density at radius 2 is 2.26 bits per heavy atom. The molecule has 0 aliphatic carbocycles. The number of amides is 1. The number of hydrogen-bond donors (Lipinski definition) is 0. The molecule has 0 saturated carbocycles. The second kappa shape index (κ2) is 6.21. The molecule has 1 aliphatic heterocycles. The van der Waals surface area contributed by atoms with Crippen molar-refractivity contribution in [3.63, 3.8) is 0 Å². The lowest BCUT2D eigenvalue weighted by atomic mass is 10.3. The predicted octanol–water partition coefficient (Wildman–Crippen LogP) is 1.41. The highest BCUT2D eigenvalue weighted by Gasteiger charge is 2.23. The molecule has 0 unspecified atom stereocenters. The van der Waals surface area contributed by atoms with E-state index in [9.17, 15) is 4.79 Å². The molecule has 0 bridgehead atoms. The summed E-state index contributed by atoms with van der Waals surface area (Å²) in [5.74, 6) is -0.0291. The number of carbonyl (C=O) groups excluding carboxylic acids is 1. The van der Waals surface area contributed by atoms with E-state index in [0.717, 1.165) is 39.1 Å². The minimum atomic E-state index is -0.0291. The number of aryl methyl sites for hydroxylation is 1. The molecule has 5 nitrogen and oxygen atoms in total. The SMILES string of the molecule is C=CCN1CCCN(C(=O)c2cnn(C)c2Cl)CC1. The Kier molecular flexibility index (Phi) is 4.61. The first-order valence-corrected chi connectivity index (χ1v) is 6.81. The monoisotopic (exact) mass is 282 g/mol. The summed E-state index contributed by atoms with van der Waals surface area (Å²) < 4.78 is 1.51. The van der Waals surface area contributed by atoms with E-state index in [1.54, 1.807) is 7.05 Å². The van der Waals surface area contributed by atoms with Gasteiger partial charge in [0, 0.05) is 39.8 Å². The molecule has 19 heavy (non-hydrogen) atoms. The van der Waals surface area contributed by atoms with Crippen molar-refractivity contribution in [2.45, 2.75) is 6.42 Å². The molecular formula is C13H19ClN4O. The quantitative estimate of drug-likeness (QED) is 0.787. The average molecular weight is 283 g/mol. The van der Waals surface area contributed by atoms with Crippen LogP contribution < -0.4 is 0 Å². The molecule has 1 aromatic rings. The fraction of sp³-hybridized carbons (Fsp3) is 0.538. The van der Waals surface area contributed by atoms with Crippen LogP contribution >= 0.6 is 11.6 Å². The molecule has 1 aromatic heterocycles. The van der Waals surface area contributed by atoms with Gasteiger partial charge in [0.25, 0.3) is 5.91 Å². The van der Waals surface area contributed by atoms with Crippen molar-refractivity contribution in [2.75, 3.05) is 32.7 Å². The highest BCUT2D eigenvalue weighted by Crippen LogP contribution is 2.17. The number of aromatic nitrogens is 2. The van der Waals surface area contributed by atoms with Gasteiger partial charge in [0.2, 0.25) is 0 Å². The number of rotatable bonds is 3. The number of halogens is 1. The molecule has 2 rings (SSSR count). The third-order valence-corrected chi connectivity index (χ3v) is 3.81. The Bertz CT molecular complexity index is 471. The molecule has 2 heterocycles. The molecule has 1 aliphatic rings. The van der Waals surface area contributed by atoms with E-state index in [2.05, 4.69) is 16.6 Å². The molecule has 104 valence electrons. The Hall–Kier alpha value is -1.33. The van der Waals surface area contributed by atoms with Gasteiger partial charge in [-0.25, -0.2) is 0 Å². The van der Waals surface area contributed by atoms with Gasteiger partial charge in [-0.2, -0.15) is 5.10 Å². The molecule has 1 fully saturated rings. The van der Waals surface area contributed by atoms with E-state index in [-0.39, 0.29) is 5.91 Å². The molecule has 1 amide bonds. The van der Waals surface area contributed by atoms with Gasteiger partial charge in [0.05, 0.1) is 11.8 Å². The van der Waals surface area contributed by atoms with Gasteiger partial charge in [0.1, 0.15) is 5.15 Å². The maximum absolute atomic E-state index is 12.4. The van der Waals surface area contributed by atoms with Gasteiger partial charge in [-0.15, -0.1) is 6.58 Å². The highest BCUT2D eigenvalue weighted by atomic mass is 35.5. The molecule has 0 radical (unpaired) electrons. The summed E-state index contributed by atoms with van der Waals surface area (Å²) in [4.78, 5) is 16.6. The second-order valence-electron chi connectivity index (χ2n) is 4.71. The van der Waals surface area contributed by atoms with Gasteiger partial charge in [-0.1, -0.05) is 17.7 Å². The van der Waals surface area contributed by atoms with Crippen LogP contribution in [0.1, 0.15) is 16.8 Å². The van der Waals surface area contributed by atoms with Gasteiger partial charge in [-0.05, 0) is 6.42 Å². The van der Waals surface area contributed by atoms with E-state index in [4.69, 9.17) is 11.6 Å². The van der Waals surface area contributed by atoms with Crippen LogP contribution in [0.2, 0.25) is 5.15 Å². The average Bonchev–Trinajstić information content (AvgIpc) is 2.62. The fourth-order valence-corrected chi connectivity index (χ4v) is 2.45. The molecule has 0 aromatic carbocycles. The molecular weight excluding hydrogens is 264 g/mol. The van der Waals surface area contributed by atoms with Crippen LogP contribution in [0, 0.1) is 0 Å². The highest BCUT2D eigenvalue weighted by molar-refractivity contribution is 6.32. The van der Waals surface area contributed by atoms with Crippen molar-refractivity contribution in [2.24, 2.45) is 7.05 Å². The topological polar surface area (TPSA) is 41.4 Å². The van der Waals surface area contributed by atoms with Crippen molar-refractivity contribution in [1.82, 2.24) is 19.6 Å². The van der Waals surface area contributed by atoms with Crippen molar-refractivity contribution >= 4 is 17.5 Å². The molecule has 0 spiro atoms. The summed E-state index contributed by atoms with van der Waals surface area (Å²) in [6.07, 6.45) is 4.41. The summed E-state index contributed by atoms with van der Waals surface area (Å²) in [5.41, 5.74) is 0.487. The standard InChI is InChI=1S/C13H19ClN4O/c1-3-5-17-6-4-7-18(9-8-17)13(19)11-10-15-16(2)12(11)14/h3,10H,1,4-9H2,2H3. The Morgan fingerprint density at radius 1 is 1.47 bits per heavy atom. The second-order valence-corrected chi connectivity index (χ2v) is 5.07. The number of hydrogen-bond acceptors (Lipinski definition) is 3. The zero-order valence-corrected chi connectivity index (χ0v) is 11.9. The van der Waals surface area contributed by atoms with E-state index in [0.29, 0.717) is 10.7 Å². The molecule has 6 heteroatoms. The largest absolute Gasteiger partial charge is 0.337 e. The van der Waals surface area contributed by atoms with Crippen molar-refractivity contribution in [3.8, 4) is 0 Å². The first-order valence-electron chi connectivity index (χ1n) is 6.43. The van der Waals surface area contributed by atoms with Crippen LogP contribution in [0.4, 0.5) is 0 Å². The molecule has 1 saturated heterocycles.